The number of benzene rings is 2. The minimum atomic E-state index is -0.658. The van der Waals surface area contributed by atoms with Crippen LogP contribution in [-0.4, -0.2) is 34.0 Å². The van der Waals surface area contributed by atoms with Crippen LogP contribution in [0.25, 0.3) is 16.5 Å². The summed E-state index contributed by atoms with van der Waals surface area (Å²) in [7, 11) is 0. The molecule has 2 heterocycles. The summed E-state index contributed by atoms with van der Waals surface area (Å²) in [4.78, 5) is 39.2. The number of ether oxygens (including phenoxy) is 1. The zero-order chi connectivity index (χ0) is 23.4. The van der Waals surface area contributed by atoms with E-state index in [-0.39, 0.29) is 35.2 Å². The van der Waals surface area contributed by atoms with Crippen molar-refractivity contribution in [3.05, 3.63) is 81.8 Å². The number of rotatable bonds is 7. The van der Waals surface area contributed by atoms with Gasteiger partial charge < -0.3 is 10.1 Å². The molecule has 2 aromatic heterocycles. The molecule has 0 unspecified atom stereocenters. The lowest BCUT2D eigenvalue weighted by molar-refractivity contribution is -0.113. The largest absolute Gasteiger partial charge is 0.461 e. The maximum Gasteiger partial charge on any atom is 0.359 e. The van der Waals surface area contributed by atoms with E-state index in [4.69, 9.17) is 4.74 Å². The molecule has 1 amide bonds. The number of aromatic nitrogens is 2. The Kier molecular flexibility index (Phi) is 6.85. The van der Waals surface area contributed by atoms with E-state index in [1.165, 1.54) is 23.9 Å². The Balaban J connectivity index is 1.69. The third kappa shape index (κ3) is 4.96. The Hall–Kier alpha value is -3.50. The van der Waals surface area contributed by atoms with Gasteiger partial charge in [0.05, 0.1) is 23.4 Å². The molecule has 33 heavy (non-hydrogen) atoms. The summed E-state index contributed by atoms with van der Waals surface area (Å²) in [5.41, 5.74) is 0.00464. The average Bonchev–Trinajstić information content (AvgIpc) is 3.23. The van der Waals surface area contributed by atoms with Gasteiger partial charge in [0.15, 0.2) is 5.69 Å². The van der Waals surface area contributed by atoms with Gasteiger partial charge in [-0.05, 0) is 43.3 Å². The molecule has 4 aromatic rings. The fraction of sp³-hybridized carbons (Fsp3) is 0.130. The molecule has 0 bridgehead atoms. The lowest BCUT2D eigenvalue weighted by atomic mass is 10.2. The molecule has 0 aliphatic rings. The average molecular weight is 484 g/mol. The van der Waals surface area contributed by atoms with Crippen molar-refractivity contribution in [2.75, 3.05) is 17.7 Å². The van der Waals surface area contributed by atoms with Gasteiger partial charge in [0.25, 0.3) is 5.56 Å². The van der Waals surface area contributed by atoms with E-state index in [1.54, 1.807) is 54.8 Å². The maximum absolute atomic E-state index is 13.3. The molecule has 0 aliphatic heterocycles. The van der Waals surface area contributed by atoms with Crippen molar-refractivity contribution in [1.82, 2.24) is 9.78 Å². The van der Waals surface area contributed by atoms with Gasteiger partial charge >= 0.3 is 5.97 Å². The summed E-state index contributed by atoms with van der Waals surface area (Å²) >= 11 is 2.37. The lowest BCUT2D eigenvalue weighted by Crippen LogP contribution is -2.25. The molecule has 1 N–H and O–H groups in total. The molecule has 168 valence electrons. The number of nitrogens with zero attached hydrogens (tertiary/aromatic N) is 2. The predicted molar refractivity (Wildman–Crippen MR) is 127 cm³/mol. The van der Waals surface area contributed by atoms with Gasteiger partial charge in [0, 0.05) is 15.7 Å². The minimum absolute atomic E-state index is 0.00672. The molecule has 0 saturated heterocycles. The standard InChI is InChI=1S/C23H18FN3O4S2/c1-2-31-23(30)20-17-12-33-21(25-18(28)13-32-16-10-8-14(24)9-11-16)19(17)22(29)27(26-20)15-6-4-3-5-7-15/h3-12H,2,13H2,1H3,(H,25,28). The number of thioether (sulfide) groups is 1. The van der Waals surface area contributed by atoms with Crippen molar-refractivity contribution in [3.63, 3.8) is 0 Å². The van der Waals surface area contributed by atoms with Crippen molar-refractivity contribution in [2.24, 2.45) is 0 Å². The molecule has 0 atom stereocenters. The first kappa shape index (κ1) is 22.7. The number of esters is 1. The topological polar surface area (TPSA) is 90.3 Å². The van der Waals surface area contributed by atoms with Crippen LogP contribution in [0, 0.1) is 5.82 Å². The molecule has 2 aromatic carbocycles. The third-order valence-electron chi connectivity index (χ3n) is 4.56. The van der Waals surface area contributed by atoms with E-state index in [0.29, 0.717) is 16.1 Å². The number of hydrogen-bond acceptors (Lipinski definition) is 7. The van der Waals surface area contributed by atoms with Crippen LogP contribution in [0.2, 0.25) is 0 Å². The van der Waals surface area contributed by atoms with Crippen molar-refractivity contribution in [3.8, 4) is 5.69 Å². The maximum atomic E-state index is 13.3. The molecule has 0 radical (unpaired) electrons. The summed E-state index contributed by atoms with van der Waals surface area (Å²) in [6, 6.07) is 14.5. The molecule has 7 nitrogen and oxygen atoms in total. The quantitative estimate of drug-likeness (QED) is 0.308. The van der Waals surface area contributed by atoms with Gasteiger partial charge in [-0.25, -0.2) is 9.18 Å². The molecular weight excluding hydrogens is 465 g/mol. The Morgan fingerprint density at radius 2 is 1.88 bits per heavy atom. The fourth-order valence-corrected chi connectivity index (χ4v) is 4.73. The molecular formula is C23H18FN3O4S2. The van der Waals surface area contributed by atoms with Crippen LogP contribution in [0.4, 0.5) is 9.39 Å². The van der Waals surface area contributed by atoms with Crippen molar-refractivity contribution in [1.29, 1.82) is 0 Å². The first-order valence-corrected chi connectivity index (χ1v) is 11.8. The number of halogens is 1. The highest BCUT2D eigenvalue weighted by Crippen LogP contribution is 2.31. The molecule has 4 rings (SSSR count). The fourth-order valence-electron chi connectivity index (χ4n) is 3.08. The van der Waals surface area contributed by atoms with Crippen LogP contribution in [0.3, 0.4) is 0 Å². The van der Waals surface area contributed by atoms with Gasteiger partial charge in [-0.2, -0.15) is 9.78 Å². The summed E-state index contributed by atoms with van der Waals surface area (Å²) in [5, 5.41) is 9.43. The molecule has 0 spiro atoms. The van der Waals surface area contributed by atoms with Crippen LogP contribution in [-0.2, 0) is 9.53 Å². The number of amides is 1. The summed E-state index contributed by atoms with van der Waals surface area (Å²) in [6.45, 7) is 1.83. The second-order valence-electron chi connectivity index (χ2n) is 6.77. The van der Waals surface area contributed by atoms with Gasteiger partial charge in [-0.15, -0.1) is 23.1 Å². The molecule has 0 fully saturated rings. The Morgan fingerprint density at radius 3 is 2.58 bits per heavy atom. The summed E-state index contributed by atoms with van der Waals surface area (Å²) in [5.74, 6) is -1.29. The number of anilines is 1. The number of para-hydroxylation sites is 1. The van der Waals surface area contributed by atoms with Crippen LogP contribution in [0.1, 0.15) is 17.4 Å². The first-order valence-electron chi connectivity index (χ1n) is 9.93. The van der Waals surface area contributed by atoms with Crippen molar-refractivity contribution >= 4 is 50.7 Å². The predicted octanol–water partition coefficient (Wildman–Crippen LogP) is 4.49. The van der Waals surface area contributed by atoms with Gasteiger partial charge in [0.1, 0.15) is 10.8 Å². The Bertz CT molecular complexity index is 1370. The van der Waals surface area contributed by atoms with E-state index in [1.807, 2.05) is 0 Å². The first-order chi connectivity index (χ1) is 16.0. The zero-order valence-electron chi connectivity index (χ0n) is 17.4. The zero-order valence-corrected chi connectivity index (χ0v) is 19.0. The second-order valence-corrected chi connectivity index (χ2v) is 8.69. The highest BCUT2D eigenvalue weighted by atomic mass is 32.2. The van der Waals surface area contributed by atoms with Crippen LogP contribution < -0.4 is 10.9 Å². The van der Waals surface area contributed by atoms with E-state index >= 15 is 0 Å². The van der Waals surface area contributed by atoms with Crippen LogP contribution >= 0.6 is 23.1 Å². The highest BCUT2D eigenvalue weighted by Gasteiger charge is 2.23. The van der Waals surface area contributed by atoms with E-state index in [9.17, 15) is 18.8 Å². The van der Waals surface area contributed by atoms with Gasteiger partial charge in [0.2, 0.25) is 5.91 Å². The van der Waals surface area contributed by atoms with Crippen LogP contribution in [0.15, 0.2) is 69.7 Å². The molecule has 0 saturated carbocycles. The highest BCUT2D eigenvalue weighted by molar-refractivity contribution is 8.00. The number of fused-ring (bicyclic) bond motifs is 1. The molecule has 10 heteroatoms. The Morgan fingerprint density at radius 1 is 1.15 bits per heavy atom. The monoisotopic (exact) mass is 483 g/mol. The van der Waals surface area contributed by atoms with Crippen molar-refractivity contribution in [2.45, 2.75) is 11.8 Å². The SMILES string of the molecule is CCOC(=O)c1nn(-c2ccccc2)c(=O)c2c(NC(=O)CSc3ccc(F)cc3)scc12. The number of carbonyl (C=O) groups excluding carboxylic acids is 2. The number of thiophene rings is 1. The molecule has 0 aliphatic carbocycles. The smallest absolute Gasteiger partial charge is 0.359 e. The third-order valence-corrected chi connectivity index (χ3v) is 6.47. The minimum Gasteiger partial charge on any atom is -0.461 e. The lowest BCUT2D eigenvalue weighted by Gasteiger charge is -2.10. The van der Waals surface area contributed by atoms with E-state index in [2.05, 4.69) is 10.4 Å². The van der Waals surface area contributed by atoms with Gasteiger partial charge in [-0.1, -0.05) is 18.2 Å². The normalized spacial score (nSPS) is 10.8. The number of hydrogen-bond donors (Lipinski definition) is 1. The van der Waals surface area contributed by atoms with Crippen molar-refractivity contribution < 1.29 is 18.7 Å². The summed E-state index contributed by atoms with van der Waals surface area (Å²) < 4.78 is 19.3. The summed E-state index contributed by atoms with van der Waals surface area (Å²) in [6.07, 6.45) is 0. The van der Waals surface area contributed by atoms with Crippen LogP contribution in [0.5, 0.6) is 0 Å². The Labute approximate surface area is 196 Å². The van der Waals surface area contributed by atoms with Gasteiger partial charge in [-0.3, -0.25) is 9.59 Å². The second kappa shape index (κ2) is 9.97. The number of carbonyl (C=O) groups is 2. The number of nitrogens with one attached hydrogen (secondary N) is 1. The van der Waals surface area contributed by atoms with E-state index < -0.39 is 11.5 Å². The van der Waals surface area contributed by atoms with E-state index in [0.717, 1.165) is 20.9 Å².